The summed E-state index contributed by atoms with van der Waals surface area (Å²) in [7, 11) is 0. The Bertz CT molecular complexity index is 1220. The number of imidazole rings is 1. The molecule has 0 amide bonds. The molecule has 2 aromatic carbocycles. The predicted octanol–water partition coefficient (Wildman–Crippen LogP) is 7.52. The summed E-state index contributed by atoms with van der Waals surface area (Å²) in [6.45, 7) is 1.75. The van der Waals surface area contributed by atoms with Crippen molar-refractivity contribution < 1.29 is 17.6 Å². The van der Waals surface area contributed by atoms with Crippen molar-refractivity contribution in [1.82, 2.24) is 9.38 Å². The highest BCUT2D eigenvalue weighted by atomic mass is 35.5. The van der Waals surface area contributed by atoms with Crippen molar-refractivity contribution in [3.05, 3.63) is 81.7 Å². The summed E-state index contributed by atoms with van der Waals surface area (Å²) in [6, 6.07) is 12.6. The van der Waals surface area contributed by atoms with Gasteiger partial charge in [0.1, 0.15) is 28.7 Å². The van der Waals surface area contributed by atoms with E-state index >= 15 is 0 Å². The molecule has 0 aliphatic rings. The number of anilines is 2. The van der Waals surface area contributed by atoms with Crippen molar-refractivity contribution in [3.8, 4) is 11.3 Å². The molecule has 0 radical (unpaired) electrons. The molecular weight excluding hydrogens is 441 g/mol. The molecule has 0 saturated heterocycles. The molecule has 2 aromatic heterocycles. The van der Waals surface area contributed by atoms with Crippen LogP contribution in [0.2, 0.25) is 10.0 Å². The van der Waals surface area contributed by atoms with Crippen molar-refractivity contribution in [2.45, 2.75) is 13.1 Å². The van der Waals surface area contributed by atoms with E-state index < -0.39 is 17.7 Å². The van der Waals surface area contributed by atoms with Crippen LogP contribution in [0.4, 0.5) is 29.1 Å². The maximum absolute atomic E-state index is 14.7. The molecule has 0 aliphatic carbocycles. The number of pyridine rings is 1. The molecule has 2 heterocycles. The second-order valence-electron chi connectivity index (χ2n) is 6.56. The Kier molecular flexibility index (Phi) is 5.11. The molecule has 4 rings (SSSR count). The third kappa shape index (κ3) is 3.48. The van der Waals surface area contributed by atoms with Gasteiger partial charge in [0.25, 0.3) is 0 Å². The van der Waals surface area contributed by atoms with E-state index in [1.165, 1.54) is 30.3 Å². The summed E-state index contributed by atoms with van der Waals surface area (Å²) in [5.41, 5.74) is -0.0961. The smallest absolute Gasteiger partial charge is 0.338 e. The number of rotatable bonds is 3. The standard InChI is InChI=1S/C21H13Cl2F4N3/c1-11-5-2-7-13(23)18(11)29-20-19(17-12(22)6-3-8-14(17)24)28-16-10-4-9-15(30(16)20)21(25,26)27/h2-10,29H,1H3. The Morgan fingerprint density at radius 3 is 2.27 bits per heavy atom. The van der Waals surface area contributed by atoms with Gasteiger partial charge in [0.05, 0.1) is 21.3 Å². The number of hydrogen-bond donors (Lipinski definition) is 1. The first-order chi connectivity index (χ1) is 14.2. The average molecular weight is 454 g/mol. The number of fused-ring (bicyclic) bond motifs is 1. The molecule has 0 bridgehead atoms. The molecule has 0 unspecified atom stereocenters. The lowest BCUT2D eigenvalue weighted by Gasteiger charge is -2.16. The molecule has 4 aromatic rings. The zero-order valence-electron chi connectivity index (χ0n) is 15.4. The molecule has 3 nitrogen and oxygen atoms in total. The van der Waals surface area contributed by atoms with Gasteiger partial charge in [0.2, 0.25) is 0 Å². The second-order valence-corrected chi connectivity index (χ2v) is 7.38. The van der Waals surface area contributed by atoms with Crippen LogP contribution in [0, 0.1) is 12.7 Å². The van der Waals surface area contributed by atoms with Crippen molar-refractivity contribution in [1.29, 1.82) is 0 Å². The minimum absolute atomic E-state index is 0.0193. The van der Waals surface area contributed by atoms with Gasteiger partial charge in [-0.15, -0.1) is 0 Å². The van der Waals surface area contributed by atoms with Gasteiger partial charge in [0.15, 0.2) is 0 Å². The van der Waals surface area contributed by atoms with E-state index in [-0.39, 0.29) is 27.7 Å². The van der Waals surface area contributed by atoms with Crippen molar-refractivity contribution >= 4 is 40.4 Å². The van der Waals surface area contributed by atoms with Crippen LogP contribution in [-0.4, -0.2) is 9.38 Å². The Hall–Kier alpha value is -2.77. The highest BCUT2D eigenvalue weighted by Crippen LogP contribution is 2.41. The van der Waals surface area contributed by atoms with Crippen molar-refractivity contribution in [2.75, 3.05) is 5.32 Å². The number of nitrogens with one attached hydrogen (secondary N) is 1. The lowest BCUT2D eigenvalue weighted by atomic mass is 10.1. The van der Waals surface area contributed by atoms with Crippen LogP contribution in [-0.2, 0) is 6.18 Å². The van der Waals surface area contributed by atoms with Crippen LogP contribution in [0.15, 0.2) is 54.6 Å². The van der Waals surface area contributed by atoms with Crippen molar-refractivity contribution in [3.63, 3.8) is 0 Å². The van der Waals surface area contributed by atoms with Crippen LogP contribution in [0.1, 0.15) is 11.3 Å². The fourth-order valence-corrected chi connectivity index (χ4v) is 3.76. The van der Waals surface area contributed by atoms with E-state index in [9.17, 15) is 17.6 Å². The topological polar surface area (TPSA) is 29.3 Å². The zero-order chi connectivity index (χ0) is 21.6. The summed E-state index contributed by atoms with van der Waals surface area (Å²) in [5, 5.41) is 3.25. The molecular formula is C21H13Cl2F4N3. The van der Waals surface area contributed by atoms with Gasteiger partial charge in [-0.2, -0.15) is 13.2 Å². The SMILES string of the molecule is Cc1cccc(Cl)c1Nc1c(-c2c(F)cccc2Cl)nc2cccc(C(F)(F)F)n12. The van der Waals surface area contributed by atoms with Gasteiger partial charge in [-0.05, 0) is 42.8 Å². The molecule has 154 valence electrons. The maximum atomic E-state index is 14.7. The maximum Gasteiger partial charge on any atom is 0.431 e. The van der Waals surface area contributed by atoms with Gasteiger partial charge in [-0.3, -0.25) is 4.40 Å². The Morgan fingerprint density at radius 1 is 0.933 bits per heavy atom. The Morgan fingerprint density at radius 2 is 1.60 bits per heavy atom. The number of para-hydroxylation sites is 1. The van der Waals surface area contributed by atoms with Gasteiger partial charge >= 0.3 is 6.18 Å². The van der Waals surface area contributed by atoms with E-state index in [4.69, 9.17) is 23.2 Å². The molecule has 0 saturated carbocycles. The summed E-state index contributed by atoms with van der Waals surface area (Å²) in [4.78, 5) is 4.27. The molecule has 0 spiro atoms. The Balaban J connectivity index is 2.09. The molecule has 0 aliphatic heterocycles. The number of aryl methyl sites for hydroxylation is 1. The predicted molar refractivity (Wildman–Crippen MR) is 110 cm³/mol. The minimum atomic E-state index is -4.68. The number of halogens is 6. The first-order valence-corrected chi connectivity index (χ1v) is 9.49. The normalized spacial score (nSPS) is 11.8. The van der Waals surface area contributed by atoms with Gasteiger partial charge < -0.3 is 5.32 Å². The van der Waals surface area contributed by atoms with Gasteiger partial charge in [-0.1, -0.05) is 47.5 Å². The van der Waals surface area contributed by atoms with E-state index in [0.29, 0.717) is 16.3 Å². The number of hydrogen-bond acceptors (Lipinski definition) is 2. The highest BCUT2D eigenvalue weighted by Gasteiger charge is 2.35. The summed E-state index contributed by atoms with van der Waals surface area (Å²) < 4.78 is 56.8. The molecule has 30 heavy (non-hydrogen) atoms. The lowest BCUT2D eigenvalue weighted by Crippen LogP contribution is -2.13. The first-order valence-electron chi connectivity index (χ1n) is 8.73. The number of nitrogens with zero attached hydrogens (tertiary/aromatic N) is 2. The largest absolute Gasteiger partial charge is 0.431 e. The van der Waals surface area contributed by atoms with Crippen LogP contribution in [0.25, 0.3) is 16.9 Å². The molecule has 9 heteroatoms. The second kappa shape index (κ2) is 7.49. The fraction of sp³-hybridized carbons (Fsp3) is 0.0952. The monoisotopic (exact) mass is 453 g/mol. The quantitative estimate of drug-likeness (QED) is 0.325. The molecule has 1 N–H and O–H groups in total. The zero-order valence-corrected chi connectivity index (χ0v) is 16.9. The van der Waals surface area contributed by atoms with E-state index in [0.717, 1.165) is 10.5 Å². The van der Waals surface area contributed by atoms with E-state index in [1.807, 2.05) is 0 Å². The summed E-state index contributed by atoms with van der Waals surface area (Å²) >= 11 is 12.5. The number of alkyl halides is 3. The molecule has 0 fully saturated rings. The van der Waals surface area contributed by atoms with Crippen LogP contribution in [0.3, 0.4) is 0 Å². The van der Waals surface area contributed by atoms with Crippen LogP contribution < -0.4 is 5.32 Å². The van der Waals surface area contributed by atoms with Gasteiger partial charge in [-0.25, -0.2) is 9.37 Å². The van der Waals surface area contributed by atoms with E-state index in [1.54, 1.807) is 25.1 Å². The first kappa shape index (κ1) is 20.5. The van der Waals surface area contributed by atoms with Gasteiger partial charge in [0, 0.05) is 0 Å². The van der Waals surface area contributed by atoms with Crippen molar-refractivity contribution in [2.24, 2.45) is 0 Å². The summed E-state index contributed by atoms with van der Waals surface area (Å²) in [6.07, 6.45) is -4.68. The van der Waals surface area contributed by atoms with Crippen LogP contribution in [0.5, 0.6) is 0 Å². The average Bonchev–Trinajstić information content (AvgIpc) is 3.02. The summed E-state index contributed by atoms with van der Waals surface area (Å²) in [5.74, 6) is -0.806. The minimum Gasteiger partial charge on any atom is -0.338 e. The fourth-order valence-electron chi connectivity index (χ4n) is 3.24. The lowest BCUT2D eigenvalue weighted by molar-refractivity contribution is -0.141. The van der Waals surface area contributed by atoms with E-state index in [2.05, 4.69) is 10.3 Å². The third-order valence-corrected chi connectivity index (χ3v) is 5.23. The number of aromatic nitrogens is 2. The van der Waals surface area contributed by atoms with Crippen LogP contribution >= 0.6 is 23.2 Å². The third-order valence-electron chi connectivity index (χ3n) is 4.60. The highest BCUT2D eigenvalue weighted by molar-refractivity contribution is 6.34. The molecule has 0 atom stereocenters. The number of benzene rings is 2. The Labute approximate surface area is 178 Å².